The molecule has 1 fully saturated rings. The summed E-state index contributed by atoms with van der Waals surface area (Å²) in [5.41, 5.74) is 1.35. The van der Waals surface area contributed by atoms with E-state index in [9.17, 15) is 0 Å². The summed E-state index contributed by atoms with van der Waals surface area (Å²) < 4.78 is 0. The molecule has 3 atom stereocenters. The number of benzene rings is 1. The lowest BCUT2D eigenvalue weighted by molar-refractivity contribution is -0.0130. The molecule has 0 unspecified atom stereocenters. The Labute approximate surface area is 118 Å². The van der Waals surface area contributed by atoms with E-state index < -0.39 is 0 Å². The van der Waals surface area contributed by atoms with Gasteiger partial charge in [-0.3, -0.25) is 4.84 Å². The summed E-state index contributed by atoms with van der Waals surface area (Å²) >= 11 is 0. The molecule has 0 amide bonds. The van der Waals surface area contributed by atoms with E-state index in [1.54, 1.807) is 6.20 Å². The quantitative estimate of drug-likeness (QED) is 0.778. The predicted octanol–water partition coefficient (Wildman–Crippen LogP) is 3.31. The number of nitrogens with zero attached hydrogens (tertiary/aromatic N) is 2. The van der Waals surface area contributed by atoms with Gasteiger partial charge in [0, 0.05) is 12.1 Å². The van der Waals surface area contributed by atoms with Crippen molar-refractivity contribution >= 4 is 5.82 Å². The van der Waals surface area contributed by atoms with Gasteiger partial charge in [0.1, 0.15) is 6.10 Å². The van der Waals surface area contributed by atoms with Gasteiger partial charge < -0.3 is 0 Å². The molecular weight excluding hydrogens is 248 g/mol. The van der Waals surface area contributed by atoms with Crippen molar-refractivity contribution in [2.24, 2.45) is 0 Å². The van der Waals surface area contributed by atoms with Crippen molar-refractivity contribution in [3.05, 3.63) is 72.4 Å². The van der Waals surface area contributed by atoms with E-state index in [-0.39, 0.29) is 12.1 Å². The van der Waals surface area contributed by atoms with Crippen LogP contribution < -0.4 is 5.06 Å². The summed E-state index contributed by atoms with van der Waals surface area (Å²) in [5.74, 6) is 1.32. The van der Waals surface area contributed by atoms with Crippen LogP contribution in [0.5, 0.6) is 0 Å². The van der Waals surface area contributed by atoms with Crippen LogP contribution in [0.1, 0.15) is 17.9 Å². The minimum absolute atomic E-state index is 0.101. The molecule has 0 saturated carbocycles. The molecule has 2 aromatic rings. The summed E-state index contributed by atoms with van der Waals surface area (Å²) in [6.45, 7) is 0. The van der Waals surface area contributed by atoms with Crippen LogP contribution in [0.25, 0.3) is 0 Å². The molecule has 20 heavy (non-hydrogen) atoms. The van der Waals surface area contributed by atoms with E-state index in [4.69, 9.17) is 4.84 Å². The monoisotopic (exact) mass is 264 g/mol. The fraction of sp³-hybridized carbons (Fsp3) is 0.235. The fourth-order valence-electron chi connectivity index (χ4n) is 3.07. The van der Waals surface area contributed by atoms with Crippen molar-refractivity contribution in [3.8, 4) is 0 Å². The first-order chi connectivity index (χ1) is 9.92. The zero-order valence-electron chi connectivity index (χ0n) is 11.1. The highest BCUT2D eigenvalue weighted by Gasteiger charge is 2.39. The van der Waals surface area contributed by atoms with Crippen LogP contribution in [0.3, 0.4) is 0 Å². The number of aromatic nitrogens is 1. The Balaban J connectivity index is 1.61. The summed E-state index contributed by atoms with van der Waals surface area (Å²) in [6, 6.07) is 16.8. The van der Waals surface area contributed by atoms with Gasteiger partial charge in [-0.15, -0.1) is 0 Å². The van der Waals surface area contributed by atoms with E-state index >= 15 is 0 Å². The molecule has 1 aromatic carbocycles. The van der Waals surface area contributed by atoms with Crippen LogP contribution in [-0.2, 0) is 4.84 Å². The highest BCUT2D eigenvalue weighted by Crippen LogP contribution is 2.40. The number of hydroxylamine groups is 1. The van der Waals surface area contributed by atoms with Crippen LogP contribution >= 0.6 is 0 Å². The zero-order chi connectivity index (χ0) is 13.4. The third-order valence-corrected chi connectivity index (χ3v) is 4.05. The standard InChI is InChI=1S/C17H16N2O/c1-2-6-13(7-3-1)15-12-14-9-10-16(15)20-19(14)17-8-4-5-11-18-17/h1-11,14-16H,12H2/t14-,15-,16+/m0/s1. The number of hydrogen-bond donors (Lipinski definition) is 0. The van der Waals surface area contributed by atoms with Crippen molar-refractivity contribution in [2.45, 2.75) is 24.5 Å². The first-order valence-electron chi connectivity index (χ1n) is 7.02. The predicted molar refractivity (Wildman–Crippen MR) is 78.3 cm³/mol. The minimum atomic E-state index is 0.101. The Hall–Kier alpha value is -2.13. The lowest BCUT2D eigenvalue weighted by atomic mass is 9.82. The SMILES string of the molecule is C1=C[C@H]2C[C@@H](c3ccccc3)[C@@H]1ON2c1ccccn1. The van der Waals surface area contributed by atoms with E-state index in [2.05, 4.69) is 47.5 Å². The van der Waals surface area contributed by atoms with Crippen LogP contribution in [0.15, 0.2) is 66.9 Å². The molecule has 3 heteroatoms. The van der Waals surface area contributed by atoms with Crippen molar-refractivity contribution in [3.63, 3.8) is 0 Å². The Bertz CT molecular complexity index is 556. The topological polar surface area (TPSA) is 25.4 Å². The number of rotatable bonds is 2. The van der Waals surface area contributed by atoms with Crippen molar-refractivity contribution in [2.75, 3.05) is 5.06 Å². The normalized spacial score (nSPS) is 27.8. The van der Waals surface area contributed by atoms with Crippen LogP contribution in [0.4, 0.5) is 5.82 Å². The number of hydrogen-bond acceptors (Lipinski definition) is 3. The van der Waals surface area contributed by atoms with Gasteiger partial charge in [0.05, 0.1) is 6.04 Å². The highest BCUT2D eigenvalue weighted by atomic mass is 16.7. The maximum atomic E-state index is 6.12. The second-order valence-corrected chi connectivity index (χ2v) is 5.29. The molecule has 2 aliphatic heterocycles. The smallest absolute Gasteiger partial charge is 0.153 e. The molecular formula is C17H16N2O. The Kier molecular flexibility index (Phi) is 2.78. The molecule has 3 aliphatic rings. The molecule has 3 nitrogen and oxygen atoms in total. The molecule has 1 aliphatic carbocycles. The third kappa shape index (κ3) is 1.91. The molecule has 0 N–H and O–H groups in total. The zero-order valence-corrected chi connectivity index (χ0v) is 11.1. The van der Waals surface area contributed by atoms with Crippen LogP contribution in [0, 0.1) is 0 Å². The summed E-state index contributed by atoms with van der Waals surface area (Å²) in [4.78, 5) is 10.5. The van der Waals surface area contributed by atoms with Crippen molar-refractivity contribution in [1.82, 2.24) is 4.98 Å². The van der Waals surface area contributed by atoms with Gasteiger partial charge in [0.2, 0.25) is 0 Å². The summed E-state index contributed by atoms with van der Waals surface area (Å²) in [5, 5.41) is 1.95. The second-order valence-electron chi connectivity index (χ2n) is 5.29. The number of fused-ring (bicyclic) bond motifs is 2. The minimum Gasteiger partial charge on any atom is -0.263 e. The van der Waals surface area contributed by atoms with Crippen LogP contribution in [-0.4, -0.2) is 17.1 Å². The largest absolute Gasteiger partial charge is 0.263 e. The maximum Gasteiger partial charge on any atom is 0.153 e. The third-order valence-electron chi connectivity index (χ3n) is 4.05. The molecule has 0 radical (unpaired) electrons. The maximum absolute atomic E-state index is 6.12. The Morgan fingerprint density at radius 3 is 2.55 bits per heavy atom. The van der Waals surface area contributed by atoms with Gasteiger partial charge in [-0.25, -0.2) is 10.0 Å². The van der Waals surface area contributed by atoms with E-state index in [1.807, 2.05) is 23.3 Å². The fourth-order valence-corrected chi connectivity index (χ4v) is 3.07. The summed E-state index contributed by atoms with van der Waals surface area (Å²) in [6.07, 6.45) is 7.40. The van der Waals surface area contributed by atoms with Gasteiger partial charge in [-0.05, 0) is 24.1 Å². The first kappa shape index (κ1) is 11.7. The van der Waals surface area contributed by atoms with Crippen molar-refractivity contribution < 1.29 is 4.84 Å². The van der Waals surface area contributed by atoms with Crippen molar-refractivity contribution in [1.29, 1.82) is 0 Å². The second kappa shape index (κ2) is 4.76. The Morgan fingerprint density at radius 1 is 1.00 bits per heavy atom. The van der Waals surface area contributed by atoms with E-state index in [0.29, 0.717) is 5.92 Å². The van der Waals surface area contributed by atoms with Gasteiger partial charge in [0.15, 0.2) is 5.82 Å². The van der Waals surface area contributed by atoms with Gasteiger partial charge >= 0.3 is 0 Å². The first-order valence-corrected chi connectivity index (χ1v) is 7.02. The molecule has 1 saturated heterocycles. The van der Waals surface area contributed by atoms with Gasteiger partial charge in [0.25, 0.3) is 0 Å². The molecule has 3 heterocycles. The number of pyridine rings is 1. The highest BCUT2D eigenvalue weighted by molar-refractivity contribution is 5.41. The van der Waals surface area contributed by atoms with Gasteiger partial charge in [-0.2, -0.15) is 0 Å². The molecule has 100 valence electrons. The lowest BCUT2D eigenvalue weighted by Crippen LogP contribution is -2.49. The van der Waals surface area contributed by atoms with E-state index in [1.165, 1.54) is 5.56 Å². The summed E-state index contributed by atoms with van der Waals surface area (Å²) in [7, 11) is 0. The number of anilines is 1. The average molecular weight is 264 g/mol. The molecule has 0 spiro atoms. The molecule has 1 aromatic heterocycles. The lowest BCUT2D eigenvalue weighted by Gasteiger charge is -2.45. The van der Waals surface area contributed by atoms with E-state index in [0.717, 1.165) is 12.2 Å². The van der Waals surface area contributed by atoms with Gasteiger partial charge in [-0.1, -0.05) is 48.6 Å². The van der Waals surface area contributed by atoms with Crippen LogP contribution in [0.2, 0.25) is 0 Å². The molecule has 5 rings (SSSR count). The average Bonchev–Trinajstić information content (AvgIpc) is 2.57. The molecule has 2 bridgehead atoms. The Morgan fingerprint density at radius 2 is 1.85 bits per heavy atom.